The number of amides is 1. The van der Waals surface area contributed by atoms with Gasteiger partial charge in [0.15, 0.2) is 0 Å². The third kappa shape index (κ3) is 2.64. The van der Waals surface area contributed by atoms with E-state index in [9.17, 15) is 4.79 Å². The second kappa shape index (κ2) is 5.28. The van der Waals surface area contributed by atoms with Gasteiger partial charge in [0.05, 0.1) is 17.9 Å². The van der Waals surface area contributed by atoms with Gasteiger partial charge in [0.2, 0.25) is 0 Å². The number of hydrogen-bond acceptors (Lipinski definition) is 5. The lowest BCUT2D eigenvalue weighted by molar-refractivity contribution is 0.0945. The maximum Gasteiger partial charge on any atom is 0.270 e. The van der Waals surface area contributed by atoms with Crippen molar-refractivity contribution in [3.8, 4) is 0 Å². The molecule has 0 bridgehead atoms. The van der Waals surface area contributed by atoms with E-state index in [4.69, 9.17) is 5.84 Å². The number of hydrazine groups is 1. The zero-order valence-electron chi connectivity index (χ0n) is 9.92. The molecule has 0 saturated carbocycles. The summed E-state index contributed by atoms with van der Waals surface area (Å²) in [5.41, 5.74) is 4.33. The van der Waals surface area contributed by atoms with E-state index in [1.807, 2.05) is 13.1 Å². The first-order valence-corrected chi connectivity index (χ1v) is 5.38. The van der Waals surface area contributed by atoms with E-state index in [1.165, 1.54) is 6.20 Å². The van der Waals surface area contributed by atoms with Crippen molar-refractivity contribution in [3.05, 3.63) is 42.0 Å². The highest BCUT2D eigenvalue weighted by Crippen LogP contribution is 2.06. The highest BCUT2D eigenvalue weighted by molar-refractivity contribution is 5.92. The lowest BCUT2D eigenvalue weighted by Crippen LogP contribution is -2.25. The molecule has 18 heavy (non-hydrogen) atoms. The number of carbonyl (C=O) groups excluding carboxylic acids is 1. The molecule has 0 aromatic carbocycles. The van der Waals surface area contributed by atoms with Crippen molar-refractivity contribution in [3.63, 3.8) is 0 Å². The van der Waals surface area contributed by atoms with Crippen LogP contribution in [0.25, 0.3) is 0 Å². The number of carbonyl (C=O) groups is 1. The summed E-state index contributed by atoms with van der Waals surface area (Å²) in [6.45, 7) is 0.400. The Morgan fingerprint density at radius 1 is 1.44 bits per heavy atom. The highest BCUT2D eigenvalue weighted by Gasteiger charge is 2.08. The van der Waals surface area contributed by atoms with Gasteiger partial charge in [-0.2, -0.15) is 5.10 Å². The molecule has 94 valence electrons. The molecule has 2 rings (SSSR count). The smallest absolute Gasteiger partial charge is 0.270 e. The minimum absolute atomic E-state index is 0.256. The van der Waals surface area contributed by atoms with Gasteiger partial charge in [0, 0.05) is 19.4 Å². The second-order valence-corrected chi connectivity index (χ2v) is 3.70. The molecule has 7 heteroatoms. The Labute approximate surface area is 104 Å². The van der Waals surface area contributed by atoms with Crippen molar-refractivity contribution in [1.29, 1.82) is 0 Å². The van der Waals surface area contributed by atoms with Crippen molar-refractivity contribution < 1.29 is 4.79 Å². The van der Waals surface area contributed by atoms with Crippen molar-refractivity contribution in [2.75, 3.05) is 5.43 Å². The van der Waals surface area contributed by atoms with E-state index in [1.54, 1.807) is 23.0 Å². The SMILES string of the molecule is Cn1nccc1CNC(=O)c1cc(NN)ccn1. The van der Waals surface area contributed by atoms with Gasteiger partial charge in [-0.25, -0.2) is 0 Å². The van der Waals surface area contributed by atoms with E-state index in [-0.39, 0.29) is 5.91 Å². The number of nitrogens with zero attached hydrogens (tertiary/aromatic N) is 3. The minimum atomic E-state index is -0.256. The Morgan fingerprint density at radius 2 is 2.28 bits per heavy atom. The number of rotatable bonds is 4. The molecular formula is C11H14N6O. The van der Waals surface area contributed by atoms with Gasteiger partial charge >= 0.3 is 0 Å². The fourth-order valence-corrected chi connectivity index (χ4v) is 1.48. The summed E-state index contributed by atoms with van der Waals surface area (Å²) in [7, 11) is 1.82. The van der Waals surface area contributed by atoms with Crippen LogP contribution in [-0.2, 0) is 13.6 Å². The number of nitrogens with one attached hydrogen (secondary N) is 2. The summed E-state index contributed by atoms with van der Waals surface area (Å²) in [6.07, 6.45) is 3.20. The average Bonchev–Trinajstić information content (AvgIpc) is 2.81. The van der Waals surface area contributed by atoms with Crippen LogP contribution < -0.4 is 16.6 Å². The van der Waals surface area contributed by atoms with Crippen molar-refractivity contribution in [2.24, 2.45) is 12.9 Å². The molecule has 0 spiro atoms. The van der Waals surface area contributed by atoms with Crippen LogP contribution in [0.3, 0.4) is 0 Å². The predicted molar refractivity (Wildman–Crippen MR) is 66.4 cm³/mol. The quantitative estimate of drug-likeness (QED) is 0.522. The largest absolute Gasteiger partial charge is 0.345 e. The molecule has 0 saturated heterocycles. The van der Waals surface area contributed by atoms with Gasteiger partial charge in [-0.05, 0) is 18.2 Å². The molecule has 2 aromatic rings. The van der Waals surface area contributed by atoms with Crippen LogP contribution in [0.1, 0.15) is 16.2 Å². The molecule has 2 aromatic heterocycles. The number of aryl methyl sites for hydroxylation is 1. The Bertz CT molecular complexity index is 550. The van der Waals surface area contributed by atoms with Gasteiger partial charge in [-0.15, -0.1) is 0 Å². The molecule has 0 atom stereocenters. The average molecular weight is 246 g/mol. The summed E-state index contributed by atoms with van der Waals surface area (Å²) >= 11 is 0. The maximum atomic E-state index is 11.8. The molecule has 1 amide bonds. The second-order valence-electron chi connectivity index (χ2n) is 3.70. The molecule has 0 aliphatic carbocycles. The monoisotopic (exact) mass is 246 g/mol. The third-order valence-electron chi connectivity index (χ3n) is 2.51. The van der Waals surface area contributed by atoms with Crippen LogP contribution in [-0.4, -0.2) is 20.7 Å². The number of nitrogen functional groups attached to an aromatic ring is 1. The van der Waals surface area contributed by atoms with E-state index in [0.717, 1.165) is 5.69 Å². The van der Waals surface area contributed by atoms with Crippen LogP contribution in [0.2, 0.25) is 0 Å². The number of nitrogens with two attached hydrogens (primary N) is 1. The van der Waals surface area contributed by atoms with Crippen molar-refractivity contribution in [2.45, 2.75) is 6.54 Å². The van der Waals surface area contributed by atoms with E-state index in [2.05, 4.69) is 20.8 Å². The van der Waals surface area contributed by atoms with Crippen LogP contribution in [0.5, 0.6) is 0 Å². The molecular weight excluding hydrogens is 232 g/mol. The topological polar surface area (TPSA) is 97.9 Å². The summed E-state index contributed by atoms with van der Waals surface area (Å²) in [4.78, 5) is 15.8. The summed E-state index contributed by atoms with van der Waals surface area (Å²) in [5.74, 6) is 5.01. The molecule has 0 radical (unpaired) electrons. The standard InChI is InChI=1S/C11H14N6O/c1-17-9(3-5-15-17)7-14-11(18)10-6-8(16-12)2-4-13-10/h2-6H,7,12H2,1H3,(H,13,16)(H,14,18). The minimum Gasteiger partial charge on any atom is -0.345 e. The van der Waals surface area contributed by atoms with Crippen molar-refractivity contribution in [1.82, 2.24) is 20.1 Å². The Morgan fingerprint density at radius 3 is 2.94 bits per heavy atom. The molecule has 0 unspecified atom stereocenters. The number of aromatic nitrogens is 3. The van der Waals surface area contributed by atoms with E-state index in [0.29, 0.717) is 17.9 Å². The maximum absolute atomic E-state index is 11.8. The Kier molecular flexibility index (Phi) is 3.54. The fourth-order valence-electron chi connectivity index (χ4n) is 1.48. The lowest BCUT2D eigenvalue weighted by atomic mass is 10.3. The van der Waals surface area contributed by atoms with Crippen LogP contribution in [0.15, 0.2) is 30.6 Å². The molecule has 2 heterocycles. The molecule has 0 aliphatic rings. The zero-order chi connectivity index (χ0) is 13.0. The fraction of sp³-hybridized carbons (Fsp3) is 0.182. The van der Waals surface area contributed by atoms with Gasteiger partial charge < -0.3 is 10.7 Å². The lowest BCUT2D eigenvalue weighted by Gasteiger charge is -2.06. The molecule has 7 nitrogen and oxygen atoms in total. The zero-order valence-corrected chi connectivity index (χ0v) is 9.92. The van der Waals surface area contributed by atoms with E-state index >= 15 is 0 Å². The van der Waals surface area contributed by atoms with Gasteiger partial charge in [0.1, 0.15) is 5.69 Å². The Balaban J connectivity index is 2.01. The van der Waals surface area contributed by atoms with Gasteiger partial charge in [0.25, 0.3) is 5.91 Å². The Hall–Kier alpha value is -2.41. The number of pyridine rings is 1. The number of hydrogen-bond donors (Lipinski definition) is 3. The molecule has 4 N–H and O–H groups in total. The summed E-state index contributed by atoms with van der Waals surface area (Å²) in [5, 5.41) is 6.78. The summed E-state index contributed by atoms with van der Waals surface area (Å²) < 4.78 is 1.70. The van der Waals surface area contributed by atoms with Crippen LogP contribution in [0.4, 0.5) is 5.69 Å². The normalized spacial score (nSPS) is 10.1. The summed E-state index contributed by atoms with van der Waals surface area (Å²) in [6, 6.07) is 5.10. The third-order valence-corrected chi connectivity index (χ3v) is 2.51. The van der Waals surface area contributed by atoms with Crippen molar-refractivity contribution >= 4 is 11.6 Å². The van der Waals surface area contributed by atoms with E-state index < -0.39 is 0 Å². The molecule has 0 aliphatic heterocycles. The number of anilines is 1. The first-order valence-electron chi connectivity index (χ1n) is 5.38. The van der Waals surface area contributed by atoms with Crippen LogP contribution in [0, 0.1) is 0 Å². The van der Waals surface area contributed by atoms with Gasteiger partial charge in [-0.1, -0.05) is 0 Å². The predicted octanol–water partition coefficient (Wildman–Crippen LogP) is 0.0307. The van der Waals surface area contributed by atoms with Gasteiger partial charge in [-0.3, -0.25) is 20.3 Å². The first-order chi connectivity index (χ1) is 8.70. The first kappa shape index (κ1) is 12.1. The highest BCUT2D eigenvalue weighted by atomic mass is 16.1. The molecule has 0 fully saturated rings. The van der Waals surface area contributed by atoms with Crippen LogP contribution >= 0.6 is 0 Å².